The van der Waals surface area contributed by atoms with E-state index in [1.165, 1.54) is 18.2 Å². The number of benzene rings is 2. The van der Waals surface area contributed by atoms with E-state index < -0.39 is 5.82 Å². The Kier molecular flexibility index (Phi) is 5.08. The van der Waals surface area contributed by atoms with Crippen LogP contribution < -0.4 is 5.32 Å². The first-order valence-electron chi connectivity index (χ1n) is 6.41. The molecule has 21 heavy (non-hydrogen) atoms. The quantitative estimate of drug-likeness (QED) is 0.848. The van der Waals surface area contributed by atoms with Crippen LogP contribution in [0.1, 0.15) is 21.5 Å². The molecule has 0 aromatic heterocycles. The summed E-state index contributed by atoms with van der Waals surface area (Å²) in [6.45, 7) is 0.129. The van der Waals surface area contributed by atoms with Gasteiger partial charge in [-0.3, -0.25) is 4.79 Å². The van der Waals surface area contributed by atoms with E-state index in [1.807, 2.05) is 24.3 Å². The van der Waals surface area contributed by atoms with Crippen molar-refractivity contribution in [3.63, 3.8) is 0 Å². The van der Waals surface area contributed by atoms with E-state index in [0.717, 1.165) is 11.1 Å². The van der Waals surface area contributed by atoms with E-state index in [-0.39, 0.29) is 18.1 Å². The lowest BCUT2D eigenvalue weighted by molar-refractivity contribution is 0.0950. The molecule has 0 saturated heterocycles. The molecule has 0 unspecified atom stereocenters. The Balaban J connectivity index is 2.01. The Morgan fingerprint density at radius 3 is 2.76 bits per heavy atom. The zero-order valence-electron chi connectivity index (χ0n) is 11.3. The fourth-order valence-corrected chi connectivity index (χ4v) is 1.81. The first-order valence-corrected chi connectivity index (χ1v) is 6.41. The van der Waals surface area contributed by atoms with Crippen LogP contribution in [0.2, 0.25) is 0 Å². The lowest BCUT2D eigenvalue weighted by Crippen LogP contribution is -2.22. The number of halogens is 1. The van der Waals surface area contributed by atoms with Crippen LogP contribution in [0.3, 0.4) is 0 Å². The predicted octanol–water partition coefficient (Wildman–Crippen LogP) is 2.10. The van der Waals surface area contributed by atoms with E-state index in [2.05, 4.69) is 17.2 Å². The SMILES string of the molecule is O=C(NCc1cccc(C#CCO)c1)c1cccc(F)c1. The number of amides is 1. The largest absolute Gasteiger partial charge is 0.384 e. The van der Waals surface area contributed by atoms with Crippen LogP contribution in [0.25, 0.3) is 0 Å². The number of carbonyl (C=O) groups is 1. The maximum absolute atomic E-state index is 13.0. The summed E-state index contributed by atoms with van der Waals surface area (Å²) >= 11 is 0. The number of aliphatic hydroxyl groups is 1. The highest BCUT2D eigenvalue weighted by Gasteiger charge is 2.06. The summed E-state index contributed by atoms with van der Waals surface area (Å²) in [4.78, 5) is 11.9. The highest BCUT2D eigenvalue weighted by atomic mass is 19.1. The molecule has 4 heteroatoms. The predicted molar refractivity (Wildman–Crippen MR) is 78.0 cm³/mol. The Morgan fingerprint density at radius 2 is 2.00 bits per heavy atom. The molecule has 0 bridgehead atoms. The van der Waals surface area contributed by atoms with Gasteiger partial charge in [-0.25, -0.2) is 4.39 Å². The van der Waals surface area contributed by atoms with Gasteiger partial charge in [-0.15, -0.1) is 0 Å². The Hall–Kier alpha value is -2.64. The molecule has 0 spiro atoms. The van der Waals surface area contributed by atoms with Crippen LogP contribution in [0, 0.1) is 17.7 Å². The normalized spacial score (nSPS) is 9.62. The summed E-state index contributed by atoms with van der Waals surface area (Å²) in [5.74, 6) is 4.59. The van der Waals surface area contributed by atoms with Crippen LogP contribution >= 0.6 is 0 Å². The van der Waals surface area contributed by atoms with Gasteiger partial charge >= 0.3 is 0 Å². The average Bonchev–Trinajstić information content (AvgIpc) is 2.51. The van der Waals surface area contributed by atoms with Crippen LogP contribution in [0.4, 0.5) is 4.39 Å². The minimum Gasteiger partial charge on any atom is -0.384 e. The number of hydrogen-bond donors (Lipinski definition) is 2. The van der Waals surface area contributed by atoms with Crippen molar-refractivity contribution < 1.29 is 14.3 Å². The Bertz CT molecular complexity index is 701. The fraction of sp³-hybridized carbons (Fsp3) is 0.118. The van der Waals surface area contributed by atoms with Crippen LogP contribution in [-0.2, 0) is 6.54 Å². The Labute approximate surface area is 122 Å². The molecule has 0 aliphatic heterocycles. The van der Waals surface area contributed by atoms with Crippen LogP contribution in [-0.4, -0.2) is 17.6 Å². The van der Waals surface area contributed by atoms with Crippen molar-refractivity contribution in [2.45, 2.75) is 6.54 Å². The molecule has 0 fully saturated rings. The lowest BCUT2D eigenvalue weighted by Gasteiger charge is -2.06. The van der Waals surface area contributed by atoms with E-state index in [9.17, 15) is 9.18 Å². The van der Waals surface area contributed by atoms with Gasteiger partial charge in [-0.05, 0) is 35.9 Å². The summed E-state index contributed by atoms with van der Waals surface area (Å²) in [5, 5.41) is 11.4. The molecular formula is C17H14FNO2. The van der Waals surface area contributed by atoms with Gasteiger partial charge < -0.3 is 10.4 Å². The molecule has 2 aromatic rings. The third-order valence-corrected chi connectivity index (χ3v) is 2.78. The summed E-state index contributed by atoms with van der Waals surface area (Å²) in [7, 11) is 0. The van der Waals surface area contributed by atoms with Gasteiger partial charge in [-0.1, -0.05) is 30.0 Å². The number of hydrogen-bond acceptors (Lipinski definition) is 2. The minimum absolute atomic E-state index is 0.194. The molecule has 2 aromatic carbocycles. The zero-order chi connectivity index (χ0) is 15.1. The molecule has 2 N–H and O–H groups in total. The first kappa shape index (κ1) is 14.8. The number of aliphatic hydroxyl groups excluding tert-OH is 1. The fourth-order valence-electron chi connectivity index (χ4n) is 1.81. The molecule has 106 valence electrons. The van der Waals surface area contributed by atoms with E-state index >= 15 is 0 Å². The summed E-state index contributed by atoms with van der Waals surface area (Å²) < 4.78 is 13.0. The smallest absolute Gasteiger partial charge is 0.251 e. The summed E-state index contributed by atoms with van der Waals surface area (Å²) in [6.07, 6.45) is 0. The van der Waals surface area contributed by atoms with E-state index in [0.29, 0.717) is 6.54 Å². The van der Waals surface area contributed by atoms with Gasteiger partial charge in [0.15, 0.2) is 0 Å². The molecule has 1 amide bonds. The summed E-state index contributed by atoms with van der Waals surface area (Å²) in [5.41, 5.74) is 1.93. The second kappa shape index (κ2) is 7.22. The van der Waals surface area contributed by atoms with Crippen molar-refractivity contribution in [1.29, 1.82) is 0 Å². The first-order chi connectivity index (χ1) is 10.2. The third-order valence-electron chi connectivity index (χ3n) is 2.78. The molecule has 2 rings (SSSR count). The van der Waals surface area contributed by atoms with Crippen molar-refractivity contribution >= 4 is 5.91 Å². The maximum atomic E-state index is 13.0. The Morgan fingerprint density at radius 1 is 1.19 bits per heavy atom. The molecule has 0 aliphatic rings. The third kappa shape index (κ3) is 4.44. The molecule has 0 aliphatic carbocycles. The topological polar surface area (TPSA) is 49.3 Å². The summed E-state index contributed by atoms with van der Waals surface area (Å²) in [6, 6.07) is 12.9. The molecule has 0 saturated carbocycles. The molecule has 0 atom stereocenters. The highest BCUT2D eigenvalue weighted by Crippen LogP contribution is 2.06. The average molecular weight is 283 g/mol. The number of carbonyl (C=O) groups excluding carboxylic acids is 1. The van der Waals surface area contributed by atoms with Crippen molar-refractivity contribution in [2.24, 2.45) is 0 Å². The monoisotopic (exact) mass is 283 g/mol. The second-order valence-electron chi connectivity index (χ2n) is 4.35. The molecule has 0 heterocycles. The van der Waals surface area contributed by atoms with Crippen LogP contribution in [0.5, 0.6) is 0 Å². The van der Waals surface area contributed by atoms with Crippen molar-refractivity contribution in [3.05, 3.63) is 71.0 Å². The zero-order valence-corrected chi connectivity index (χ0v) is 11.3. The van der Waals surface area contributed by atoms with E-state index in [1.54, 1.807) is 6.07 Å². The van der Waals surface area contributed by atoms with Gasteiger partial charge in [0.05, 0.1) is 0 Å². The lowest BCUT2D eigenvalue weighted by atomic mass is 10.1. The van der Waals surface area contributed by atoms with Crippen molar-refractivity contribution in [3.8, 4) is 11.8 Å². The van der Waals surface area contributed by atoms with Crippen molar-refractivity contribution in [1.82, 2.24) is 5.32 Å². The second-order valence-corrected chi connectivity index (χ2v) is 4.35. The highest BCUT2D eigenvalue weighted by molar-refractivity contribution is 5.94. The van der Waals surface area contributed by atoms with Gasteiger partial charge in [0.25, 0.3) is 5.91 Å². The van der Waals surface area contributed by atoms with Crippen molar-refractivity contribution in [2.75, 3.05) is 6.61 Å². The maximum Gasteiger partial charge on any atom is 0.251 e. The van der Waals surface area contributed by atoms with Gasteiger partial charge in [0.1, 0.15) is 12.4 Å². The van der Waals surface area contributed by atoms with Gasteiger partial charge in [-0.2, -0.15) is 0 Å². The van der Waals surface area contributed by atoms with Gasteiger partial charge in [0, 0.05) is 17.7 Å². The molecule has 3 nitrogen and oxygen atoms in total. The van der Waals surface area contributed by atoms with Gasteiger partial charge in [0.2, 0.25) is 0 Å². The molecular weight excluding hydrogens is 269 g/mol. The molecule has 0 radical (unpaired) electrons. The minimum atomic E-state index is -0.441. The number of rotatable bonds is 3. The van der Waals surface area contributed by atoms with E-state index in [4.69, 9.17) is 5.11 Å². The van der Waals surface area contributed by atoms with Crippen LogP contribution in [0.15, 0.2) is 48.5 Å². The standard InChI is InChI=1S/C17H14FNO2/c18-16-8-2-7-15(11-16)17(21)19-12-14-5-1-4-13(10-14)6-3-9-20/h1-2,4-5,7-8,10-11,20H,9,12H2,(H,19,21). The number of nitrogens with one attached hydrogen (secondary N) is 1.